The van der Waals surface area contributed by atoms with Crippen LogP contribution in [-0.2, 0) is 4.79 Å². The van der Waals surface area contributed by atoms with Crippen molar-refractivity contribution in [3.05, 3.63) is 0 Å². The van der Waals surface area contributed by atoms with E-state index in [-0.39, 0.29) is 0 Å². The van der Waals surface area contributed by atoms with Crippen molar-refractivity contribution in [1.82, 2.24) is 10.2 Å². The molecular formula is C9H17BrN2O. The highest BCUT2D eigenvalue weighted by Gasteiger charge is 2.27. The van der Waals surface area contributed by atoms with Gasteiger partial charge in [0, 0.05) is 31.4 Å². The van der Waals surface area contributed by atoms with E-state index >= 15 is 0 Å². The second kappa shape index (κ2) is 5.60. The van der Waals surface area contributed by atoms with Crippen LogP contribution in [0, 0.1) is 5.92 Å². The molecule has 1 saturated heterocycles. The molecule has 1 unspecified atom stereocenters. The molecule has 1 heterocycles. The Morgan fingerprint density at radius 2 is 2.46 bits per heavy atom. The molecule has 76 valence electrons. The SMILES string of the molecule is CCNCCN1CC(CBr)CC1=O. The average Bonchev–Trinajstić information content (AvgIpc) is 2.48. The highest BCUT2D eigenvalue weighted by Crippen LogP contribution is 2.18. The largest absolute Gasteiger partial charge is 0.341 e. The Hall–Kier alpha value is -0.0900. The normalized spacial score (nSPS) is 22.8. The minimum Gasteiger partial charge on any atom is -0.341 e. The summed E-state index contributed by atoms with van der Waals surface area (Å²) in [5, 5.41) is 4.16. The third-order valence-corrected chi connectivity index (χ3v) is 3.24. The first-order valence-corrected chi connectivity index (χ1v) is 5.94. The molecule has 1 aliphatic rings. The second-order valence-corrected chi connectivity index (χ2v) is 4.07. The molecule has 0 aromatic rings. The Labute approximate surface area is 88.0 Å². The number of rotatable bonds is 5. The second-order valence-electron chi connectivity index (χ2n) is 3.42. The van der Waals surface area contributed by atoms with Crippen molar-refractivity contribution in [3.8, 4) is 0 Å². The molecule has 0 aromatic heterocycles. The van der Waals surface area contributed by atoms with Gasteiger partial charge in [-0.25, -0.2) is 0 Å². The standard InChI is InChI=1S/C9H17BrN2O/c1-2-11-3-4-12-7-8(6-10)5-9(12)13/h8,11H,2-7H2,1H3. The molecule has 0 aromatic carbocycles. The van der Waals surface area contributed by atoms with Gasteiger partial charge in [-0.05, 0) is 12.5 Å². The van der Waals surface area contributed by atoms with Crippen molar-refractivity contribution in [2.24, 2.45) is 5.92 Å². The number of hydrogen-bond donors (Lipinski definition) is 1. The van der Waals surface area contributed by atoms with Crippen LogP contribution in [0.3, 0.4) is 0 Å². The third kappa shape index (κ3) is 3.27. The minimum atomic E-state index is 0.308. The van der Waals surface area contributed by atoms with Crippen LogP contribution in [-0.4, -0.2) is 42.3 Å². The van der Waals surface area contributed by atoms with Crippen LogP contribution in [0.15, 0.2) is 0 Å². The maximum Gasteiger partial charge on any atom is 0.222 e. The van der Waals surface area contributed by atoms with Crippen LogP contribution in [0.1, 0.15) is 13.3 Å². The van der Waals surface area contributed by atoms with Crippen molar-refractivity contribution in [2.45, 2.75) is 13.3 Å². The maximum absolute atomic E-state index is 11.4. The van der Waals surface area contributed by atoms with Gasteiger partial charge in [0.15, 0.2) is 0 Å². The van der Waals surface area contributed by atoms with Gasteiger partial charge in [-0.15, -0.1) is 0 Å². The fourth-order valence-electron chi connectivity index (χ4n) is 1.56. The van der Waals surface area contributed by atoms with Gasteiger partial charge in [-0.1, -0.05) is 22.9 Å². The Morgan fingerprint density at radius 3 is 3.00 bits per heavy atom. The predicted octanol–water partition coefficient (Wildman–Crippen LogP) is 0.839. The van der Waals surface area contributed by atoms with Gasteiger partial charge in [0.1, 0.15) is 0 Å². The molecule has 1 amide bonds. The van der Waals surface area contributed by atoms with Crippen LogP contribution in [0.25, 0.3) is 0 Å². The van der Waals surface area contributed by atoms with Gasteiger partial charge in [0.05, 0.1) is 0 Å². The van der Waals surface area contributed by atoms with Crippen molar-refractivity contribution >= 4 is 21.8 Å². The lowest BCUT2D eigenvalue weighted by molar-refractivity contribution is -0.127. The van der Waals surface area contributed by atoms with E-state index in [1.807, 2.05) is 4.90 Å². The number of amides is 1. The van der Waals surface area contributed by atoms with E-state index in [0.29, 0.717) is 11.8 Å². The molecule has 4 heteroatoms. The summed E-state index contributed by atoms with van der Waals surface area (Å²) in [6.07, 6.45) is 0.720. The summed E-state index contributed by atoms with van der Waals surface area (Å²) < 4.78 is 0. The van der Waals surface area contributed by atoms with Crippen LogP contribution in [0.5, 0.6) is 0 Å². The lowest BCUT2D eigenvalue weighted by Gasteiger charge is -2.15. The number of halogens is 1. The molecule has 1 fully saturated rings. The number of likely N-dealkylation sites (N-methyl/N-ethyl adjacent to an activating group) is 1. The van der Waals surface area contributed by atoms with Gasteiger partial charge >= 0.3 is 0 Å². The maximum atomic E-state index is 11.4. The zero-order valence-electron chi connectivity index (χ0n) is 8.05. The summed E-state index contributed by atoms with van der Waals surface area (Å²) in [6, 6.07) is 0. The number of carbonyl (C=O) groups excluding carboxylic acids is 1. The summed E-state index contributed by atoms with van der Waals surface area (Å²) in [5.74, 6) is 0.830. The van der Waals surface area contributed by atoms with Crippen molar-refractivity contribution in [2.75, 3.05) is 31.5 Å². The van der Waals surface area contributed by atoms with Gasteiger partial charge in [-0.3, -0.25) is 4.79 Å². The van der Waals surface area contributed by atoms with Crippen molar-refractivity contribution < 1.29 is 4.79 Å². The monoisotopic (exact) mass is 248 g/mol. The van der Waals surface area contributed by atoms with Crippen LogP contribution in [0.2, 0.25) is 0 Å². The third-order valence-electron chi connectivity index (χ3n) is 2.32. The Morgan fingerprint density at radius 1 is 1.69 bits per heavy atom. The van der Waals surface area contributed by atoms with E-state index < -0.39 is 0 Å². The first-order valence-electron chi connectivity index (χ1n) is 4.82. The van der Waals surface area contributed by atoms with Gasteiger partial charge in [0.2, 0.25) is 5.91 Å². The van der Waals surface area contributed by atoms with Crippen LogP contribution in [0.4, 0.5) is 0 Å². The Kier molecular flexibility index (Phi) is 4.73. The number of likely N-dealkylation sites (tertiary alicyclic amines) is 1. The van der Waals surface area contributed by atoms with Gasteiger partial charge in [-0.2, -0.15) is 0 Å². The zero-order chi connectivity index (χ0) is 9.68. The summed E-state index contributed by atoms with van der Waals surface area (Å²) >= 11 is 3.42. The molecule has 1 atom stereocenters. The number of nitrogens with one attached hydrogen (secondary N) is 1. The van der Waals surface area contributed by atoms with Crippen molar-refractivity contribution in [3.63, 3.8) is 0 Å². The van der Waals surface area contributed by atoms with E-state index in [1.165, 1.54) is 0 Å². The summed E-state index contributed by atoms with van der Waals surface area (Å²) in [4.78, 5) is 13.4. The van der Waals surface area contributed by atoms with Gasteiger partial charge in [0.25, 0.3) is 0 Å². The molecule has 0 aliphatic carbocycles. The molecule has 0 bridgehead atoms. The molecule has 0 spiro atoms. The molecule has 0 radical (unpaired) electrons. The average molecular weight is 249 g/mol. The molecule has 1 N–H and O–H groups in total. The highest BCUT2D eigenvalue weighted by molar-refractivity contribution is 9.09. The summed E-state index contributed by atoms with van der Waals surface area (Å²) in [6.45, 7) is 5.75. The lowest BCUT2D eigenvalue weighted by Crippen LogP contribution is -2.33. The fraction of sp³-hybridized carbons (Fsp3) is 0.889. The van der Waals surface area contributed by atoms with Crippen molar-refractivity contribution in [1.29, 1.82) is 0 Å². The fourth-order valence-corrected chi connectivity index (χ4v) is 2.00. The number of alkyl halides is 1. The van der Waals surface area contributed by atoms with Crippen LogP contribution >= 0.6 is 15.9 Å². The quantitative estimate of drug-likeness (QED) is 0.578. The molecular weight excluding hydrogens is 232 g/mol. The molecule has 1 aliphatic heterocycles. The molecule has 3 nitrogen and oxygen atoms in total. The van der Waals surface area contributed by atoms with E-state index in [9.17, 15) is 4.79 Å². The molecule has 13 heavy (non-hydrogen) atoms. The highest BCUT2D eigenvalue weighted by atomic mass is 79.9. The zero-order valence-corrected chi connectivity index (χ0v) is 9.64. The first kappa shape index (κ1) is 11.0. The topological polar surface area (TPSA) is 32.3 Å². The summed E-state index contributed by atoms with van der Waals surface area (Å²) in [5.41, 5.74) is 0. The number of nitrogens with zero attached hydrogens (tertiary/aromatic N) is 1. The number of hydrogen-bond acceptors (Lipinski definition) is 2. The van der Waals surface area contributed by atoms with Crippen LogP contribution < -0.4 is 5.32 Å². The minimum absolute atomic E-state index is 0.308. The molecule has 0 saturated carbocycles. The van der Waals surface area contributed by atoms with E-state index in [4.69, 9.17) is 0 Å². The summed E-state index contributed by atoms with van der Waals surface area (Å²) in [7, 11) is 0. The van der Waals surface area contributed by atoms with Gasteiger partial charge < -0.3 is 10.2 Å². The Balaban J connectivity index is 2.23. The smallest absolute Gasteiger partial charge is 0.222 e. The molecule has 1 rings (SSSR count). The van der Waals surface area contributed by atoms with E-state index in [2.05, 4.69) is 28.2 Å². The first-order chi connectivity index (χ1) is 6.27. The lowest BCUT2D eigenvalue weighted by atomic mass is 10.2. The Bertz CT molecular complexity index is 175. The predicted molar refractivity (Wildman–Crippen MR) is 57.0 cm³/mol. The van der Waals surface area contributed by atoms with E-state index in [0.717, 1.165) is 37.9 Å². The van der Waals surface area contributed by atoms with E-state index in [1.54, 1.807) is 0 Å². The number of carbonyl (C=O) groups is 1.